The lowest BCUT2D eigenvalue weighted by atomic mass is 10.4. The molecular weight excluding hydrogens is 300 g/mol. The summed E-state index contributed by atoms with van der Waals surface area (Å²) in [5.41, 5.74) is 0. The van der Waals surface area contributed by atoms with Crippen molar-refractivity contribution in [1.29, 1.82) is 0 Å². The van der Waals surface area contributed by atoms with Crippen molar-refractivity contribution in [2.24, 2.45) is 4.99 Å². The van der Waals surface area contributed by atoms with Crippen LogP contribution >= 0.6 is 11.3 Å². The SMILES string of the molecule is CCNC(=NCc1cccs1)NCCNC(=O)c1ccco1. The number of thiophene rings is 1. The number of guanidine groups is 1. The number of amides is 1. The lowest BCUT2D eigenvalue weighted by Crippen LogP contribution is -2.41. The molecule has 118 valence electrons. The van der Waals surface area contributed by atoms with Gasteiger partial charge in [0.25, 0.3) is 5.91 Å². The Hall–Kier alpha value is -2.28. The van der Waals surface area contributed by atoms with Gasteiger partial charge in [0.15, 0.2) is 11.7 Å². The smallest absolute Gasteiger partial charge is 0.287 e. The third-order valence-corrected chi connectivity index (χ3v) is 3.63. The number of rotatable bonds is 7. The molecule has 0 atom stereocenters. The Morgan fingerprint density at radius 3 is 2.77 bits per heavy atom. The third kappa shape index (κ3) is 5.25. The zero-order chi connectivity index (χ0) is 15.6. The van der Waals surface area contributed by atoms with Crippen molar-refractivity contribution in [2.75, 3.05) is 19.6 Å². The summed E-state index contributed by atoms with van der Waals surface area (Å²) in [4.78, 5) is 17.4. The second-order valence-electron chi connectivity index (χ2n) is 4.43. The van der Waals surface area contributed by atoms with Crippen LogP contribution in [0.25, 0.3) is 0 Å². The van der Waals surface area contributed by atoms with Crippen LogP contribution < -0.4 is 16.0 Å². The van der Waals surface area contributed by atoms with Gasteiger partial charge in [-0.25, -0.2) is 4.99 Å². The van der Waals surface area contributed by atoms with Crippen LogP contribution in [0.3, 0.4) is 0 Å². The van der Waals surface area contributed by atoms with Crippen LogP contribution in [-0.2, 0) is 6.54 Å². The van der Waals surface area contributed by atoms with Gasteiger partial charge in [0.1, 0.15) is 0 Å². The van der Waals surface area contributed by atoms with Gasteiger partial charge in [0.2, 0.25) is 0 Å². The standard InChI is InChI=1S/C15H20N4O2S/c1-2-16-15(19-11-12-5-4-10-22-12)18-8-7-17-14(20)13-6-3-9-21-13/h3-6,9-10H,2,7-8,11H2,1H3,(H,17,20)(H2,16,18,19). The normalized spacial score (nSPS) is 11.2. The number of nitrogens with zero attached hydrogens (tertiary/aromatic N) is 1. The van der Waals surface area contributed by atoms with E-state index >= 15 is 0 Å². The van der Waals surface area contributed by atoms with E-state index in [9.17, 15) is 4.79 Å². The molecular formula is C15H20N4O2S. The first-order valence-electron chi connectivity index (χ1n) is 7.16. The van der Waals surface area contributed by atoms with E-state index in [1.165, 1.54) is 11.1 Å². The fourth-order valence-electron chi connectivity index (χ4n) is 1.75. The van der Waals surface area contributed by atoms with Gasteiger partial charge in [0.05, 0.1) is 12.8 Å². The van der Waals surface area contributed by atoms with Gasteiger partial charge in [0, 0.05) is 24.5 Å². The van der Waals surface area contributed by atoms with Crippen LogP contribution in [0.15, 0.2) is 45.3 Å². The van der Waals surface area contributed by atoms with E-state index in [1.807, 2.05) is 18.4 Å². The van der Waals surface area contributed by atoms with Gasteiger partial charge in [-0.2, -0.15) is 0 Å². The Kier molecular flexibility index (Phi) is 6.50. The van der Waals surface area contributed by atoms with Gasteiger partial charge in [-0.3, -0.25) is 4.79 Å². The van der Waals surface area contributed by atoms with Crippen LogP contribution in [0, 0.1) is 0 Å². The zero-order valence-electron chi connectivity index (χ0n) is 12.5. The van der Waals surface area contributed by atoms with Gasteiger partial charge < -0.3 is 20.4 Å². The number of nitrogens with one attached hydrogen (secondary N) is 3. The highest BCUT2D eigenvalue weighted by Gasteiger charge is 2.06. The molecule has 0 radical (unpaired) electrons. The van der Waals surface area contributed by atoms with E-state index in [1.54, 1.807) is 23.5 Å². The number of carbonyl (C=O) groups excluding carboxylic acids is 1. The van der Waals surface area contributed by atoms with E-state index in [-0.39, 0.29) is 5.91 Å². The molecule has 0 bridgehead atoms. The summed E-state index contributed by atoms with van der Waals surface area (Å²) in [6.45, 7) is 4.52. The topological polar surface area (TPSA) is 78.7 Å². The van der Waals surface area contributed by atoms with Crippen molar-refractivity contribution < 1.29 is 9.21 Å². The molecule has 3 N–H and O–H groups in total. The first-order chi connectivity index (χ1) is 10.8. The Bertz CT molecular complexity index is 579. The van der Waals surface area contributed by atoms with Crippen molar-refractivity contribution in [1.82, 2.24) is 16.0 Å². The van der Waals surface area contributed by atoms with Crippen LogP contribution in [0.5, 0.6) is 0 Å². The minimum absolute atomic E-state index is 0.215. The first kappa shape index (κ1) is 16.1. The van der Waals surface area contributed by atoms with Gasteiger partial charge in [-0.1, -0.05) is 6.07 Å². The summed E-state index contributed by atoms with van der Waals surface area (Å²) < 4.78 is 5.02. The van der Waals surface area contributed by atoms with E-state index in [0.29, 0.717) is 25.4 Å². The highest BCUT2D eigenvalue weighted by atomic mass is 32.1. The van der Waals surface area contributed by atoms with Gasteiger partial charge in [-0.15, -0.1) is 11.3 Å². The predicted octanol–water partition coefficient (Wildman–Crippen LogP) is 1.83. The number of furan rings is 1. The van der Waals surface area contributed by atoms with Crippen LogP contribution in [-0.4, -0.2) is 31.5 Å². The molecule has 0 saturated heterocycles. The van der Waals surface area contributed by atoms with Crippen LogP contribution in [0.4, 0.5) is 0 Å². The molecule has 2 aromatic heterocycles. The largest absolute Gasteiger partial charge is 0.459 e. The Labute approximate surface area is 133 Å². The molecule has 2 heterocycles. The quantitative estimate of drug-likeness (QED) is 0.413. The van der Waals surface area contributed by atoms with E-state index in [0.717, 1.165) is 12.5 Å². The summed E-state index contributed by atoms with van der Waals surface area (Å²) in [7, 11) is 0. The first-order valence-corrected chi connectivity index (χ1v) is 8.04. The number of aliphatic imine (C=N–C) groups is 1. The van der Waals surface area contributed by atoms with Crippen LogP contribution in [0.2, 0.25) is 0 Å². The number of hydrogen-bond acceptors (Lipinski definition) is 4. The molecule has 0 fully saturated rings. The lowest BCUT2D eigenvalue weighted by molar-refractivity contribution is 0.0926. The fourth-order valence-corrected chi connectivity index (χ4v) is 2.38. The monoisotopic (exact) mass is 320 g/mol. The summed E-state index contributed by atoms with van der Waals surface area (Å²) in [5, 5.41) is 11.2. The fraction of sp³-hybridized carbons (Fsp3) is 0.333. The molecule has 0 unspecified atom stereocenters. The maximum absolute atomic E-state index is 11.7. The molecule has 2 rings (SSSR count). The van der Waals surface area contributed by atoms with Crippen molar-refractivity contribution in [3.05, 3.63) is 46.5 Å². The highest BCUT2D eigenvalue weighted by molar-refractivity contribution is 7.09. The molecule has 0 saturated carbocycles. The highest BCUT2D eigenvalue weighted by Crippen LogP contribution is 2.09. The third-order valence-electron chi connectivity index (χ3n) is 2.77. The van der Waals surface area contributed by atoms with E-state index in [2.05, 4.69) is 27.0 Å². The maximum atomic E-state index is 11.7. The minimum Gasteiger partial charge on any atom is -0.459 e. The van der Waals surface area contributed by atoms with E-state index in [4.69, 9.17) is 4.42 Å². The van der Waals surface area contributed by atoms with Gasteiger partial charge in [-0.05, 0) is 30.5 Å². The predicted molar refractivity (Wildman–Crippen MR) is 88.2 cm³/mol. The molecule has 22 heavy (non-hydrogen) atoms. The van der Waals surface area contributed by atoms with Crippen molar-refractivity contribution in [2.45, 2.75) is 13.5 Å². The van der Waals surface area contributed by atoms with Crippen molar-refractivity contribution in [3.63, 3.8) is 0 Å². The molecule has 0 aliphatic rings. The zero-order valence-corrected chi connectivity index (χ0v) is 13.3. The Balaban J connectivity index is 1.72. The Morgan fingerprint density at radius 2 is 2.09 bits per heavy atom. The van der Waals surface area contributed by atoms with Gasteiger partial charge >= 0.3 is 0 Å². The summed E-state index contributed by atoms with van der Waals surface area (Å²) in [6.07, 6.45) is 1.48. The number of carbonyl (C=O) groups is 1. The summed E-state index contributed by atoms with van der Waals surface area (Å²) >= 11 is 1.68. The summed E-state index contributed by atoms with van der Waals surface area (Å²) in [6, 6.07) is 7.39. The van der Waals surface area contributed by atoms with Crippen molar-refractivity contribution in [3.8, 4) is 0 Å². The minimum atomic E-state index is -0.215. The molecule has 2 aromatic rings. The average Bonchev–Trinajstić information content (AvgIpc) is 3.22. The average molecular weight is 320 g/mol. The number of hydrogen-bond donors (Lipinski definition) is 3. The summed E-state index contributed by atoms with van der Waals surface area (Å²) in [5.74, 6) is 0.841. The van der Waals surface area contributed by atoms with E-state index < -0.39 is 0 Å². The molecule has 6 nitrogen and oxygen atoms in total. The molecule has 7 heteroatoms. The molecule has 0 aliphatic heterocycles. The Morgan fingerprint density at radius 1 is 1.23 bits per heavy atom. The second-order valence-corrected chi connectivity index (χ2v) is 5.47. The van der Waals surface area contributed by atoms with Crippen LogP contribution in [0.1, 0.15) is 22.4 Å². The molecule has 1 amide bonds. The van der Waals surface area contributed by atoms with Crippen molar-refractivity contribution >= 4 is 23.2 Å². The maximum Gasteiger partial charge on any atom is 0.287 e. The molecule has 0 aliphatic carbocycles. The molecule has 0 aromatic carbocycles. The molecule has 0 spiro atoms. The lowest BCUT2D eigenvalue weighted by Gasteiger charge is -2.11. The second kappa shape index (κ2) is 8.89.